The van der Waals surface area contributed by atoms with Crippen LogP contribution in [-0.4, -0.2) is 18.5 Å². The van der Waals surface area contributed by atoms with E-state index >= 15 is 0 Å². The first-order chi connectivity index (χ1) is 8.72. The SMILES string of the molecule is CCNC(=O)[C@@H](C)N[C@@H]1CCCc2ccccc21. The Labute approximate surface area is 109 Å². The van der Waals surface area contributed by atoms with E-state index in [1.165, 1.54) is 17.5 Å². The van der Waals surface area contributed by atoms with Gasteiger partial charge in [0.2, 0.25) is 5.91 Å². The number of fused-ring (bicyclic) bond motifs is 1. The van der Waals surface area contributed by atoms with Gasteiger partial charge in [-0.3, -0.25) is 10.1 Å². The van der Waals surface area contributed by atoms with Gasteiger partial charge in [0.1, 0.15) is 0 Å². The summed E-state index contributed by atoms with van der Waals surface area (Å²) >= 11 is 0. The Balaban J connectivity index is 2.05. The molecule has 0 saturated carbocycles. The van der Waals surface area contributed by atoms with Crippen molar-refractivity contribution in [2.75, 3.05) is 6.54 Å². The van der Waals surface area contributed by atoms with Gasteiger partial charge in [0, 0.05) is 12.6 Å². The molecule has 1 aliphatic rings. The minimum Gasteiger partial charge on any atom is -0.355 e. The number of carbonyl (C=O) groups is 1. The summed E-state index contributed by atoms with van der Waals surface area (Å²) in [5.41, 5.74) is 2.78. The molecule has 0 radical (unpaired) electrons. The number of carbonyl (C=O) groups excluding carboxylic acids is 1. The summed E-state index contributed by atoms with van der Waals surface area (Å²) in [6, 6.07) is 8.72. The van der Waals surface area contributed by atoms with Gasteiger partial charge in [0.25, 0.3) is 0 Å². The van der Waals surface area contributed by atoms with Crippen LogP contribution in [0.15, 0.2) is 24.3 Å². The molecule has 2 N–H and O–H groups in total. The molecular weight excluding hydrogens is 224 g/mol. The van der Waals surface area contributed by atoms with E-state index in [4.69, 9.17) is 0 Å². The number of benzene rings is 1. The van der Waals surface area contributed by atoms with Crippen LogP contribution in [0.25, 0.3) is 0 Å². The molecule has 98 valence electrons. The summed E-state index contributed by atoms with van der Waals surface area (Å²) in [6.07, 6.45) is 3.46. The summed E-state index contributed by atoms with van der Waals surface area (Å²) in [7, 11) is 0. The van der Waals surface area contributed by atoms with Crippen molar-refractivity contribution < 1.29 is 4.79 Å². The molecule has 2 rings (SSSR count). The normalized spacial score (nSPS) is 20.0. The molecule has 2 atom stereocenters. The quantitative estimate of drug-likeness (QED) is 0.855. The van der Waals surface area contributed by atoms with Gasteiger partial charge in [0.05, 0.1) is 6.04 Å². The van der Waals surface area contributed by atoms with Crippen molar-refractivity contribution in [3.05, 3.63) is 35.4 Å². The zero-order chi connectivity index (χ0) is 13.0. The van der Waals surface area contributed by atoms with Gasteiger partial charge in [-0.25, -0.2) is 0 Å². The fourth-order valence-corrected chi connectivity index (χ4v) is 2.63. The molecule has 0 bridgehead atoms. The fourth-order valence-electron chi connectivity index (χ4n) is 2.63. The van der Waals surface area contributed by atoms with Crippen molar-refractivity contribution in [3.63, 3.8) is 0 Å². The molecule has 1 aliphatic carbocycles. The van der Waals surface area contributed by atoms with Crippen LogP contribution < -0.4 is 10.6 Å². The maximum absolute atomic E-state index is 11.8. The van der Waals surface area contributed by atoms with Crippen molar-refractivity contribution in [3.8, 4) is 0 Å². The average Bonchev–Trinajstić information content (AvgIpc) is 2.39. The molecule has 0 aliphatic heterocycles. The van der Waals surface area contributed by atoms with Gasteiger partial charge in [-0.2, -0.15) is 0 Å². The number of hydrogen-bond acceptors (Lipinski definition) is 2. The molecule has 0 spiro atoms. The Kier molecular flexibility index (Phi) is 4.37. The van der Waals surface area contributed by atoms with E-state index in [0.717, 1.165) is 12.8 Å². The van der Waals surface area contributed by atoms with E-state index in [0.29, 0.717) is 12.6 Å². The van der Waals surface area contributed by atoms with E-state index in [1.807, 2.05) is 13.8 Å². The predicted octanol–water partition coefficient (Wildman–Crippen LogP) is 2.18. The van der Waals surface area contributed by atoms with Gasteiger partial charge in [-0.15, -0.1) is 0 Å². The van der Waals surface area contributed by atoms with Crippen molar-refractivity contribution in [2.24, 2.45) is 0 Å². The van der Waals surface area contributed by atoms with Crippen LogP contribution in [0.3, 0.4) is 0 Å². The van der Waals surface area contributed by atoms with Gasteiger partial charge < -0.3 is 5.32 Å². The monoisotopic (exact) mass is 246 g/mol. The second kappa shape index (κ2) is 6.01. The van der Waals surface area contributed by atoms with E-state index in [-0.39, 0.29) is 11.9 Å². The van der Waals surface area contributed by atoms with Crippen LogP contribution >= 0.6 is 0 Å². The zero-order valence-electron chi connectivity index (χ0n) is 11.2. The molecule has 0 saturated heterocycles. The van der Waals surface area contributed by atoms with Crippen LogP contribution in [-0.2, 0) is 11.2 Å². The molecule has 0 aromatic heterocycles. The molecule has 1 aromatic carbocycles. The highest BCUT2D eigenvalue weighted by Crippen LogP contribution is 2.29. The van der Waals surface area contributed by atoms with Crippen molar-refractivity contribution in [1.29, 1.82) is 0 Å². The van der Waals surface area contributed by atoms with E-state index in [9.17, 15) is 4.79 Å². The van der Waals surface area contributed by atoms with Crippen LogP contribution in [0.2, 0.25) is 0 Å². The van der Waals surface area contributed by atoms with E-state index < -0.39 is 0 Å². The highest BCUT2D eigenvalue weighted by atomic mass is 16.2. The van der Waals surface area contributed by atoms with Gasteiger partial charge in [-0.05, 0) is 44.2 Å². The third-order valence-corrected chi connectivity index (χ3v) is 3.56. The largest absolute Gasteiger partial charge is 0.355 e. The highest BCUT2D eigenvalue weighted by Gasteiger charge is 2.23. The molecule has 1 amide bonds. The maximum Gasteiger partial charge on any atom is 0.236 e. The Morgan fingerprint density at radius 1 is 1.44 bits per heavy atom. The lowest BCUT2D eigenvalue weighted by Gasteiger charge is -2.28. The first-order valence-electron chi connectivity index (χ1n) is 6.84. The summed E-state index contributed by atoms with van der Waals surface area (Å²) in [5, 5.41) is 6.30. The molecule has 3 nitrogen and oxygen atoms in total. The lowest BCUT2D eigenvalue weighted by Crippen LogP contribution is -2.44. The number of amides is 1. The third-order valence-electron chi connectivity index (χ3n) is 3.56. The number of likely N-dealkylation sites (N-methyl/N-ethyl adjacent to an activating group) is 1. The first kappa shape index (κ1) is 13.1. The molecule has 18 heavy (non-hydrogen) atoms. The van der Waals surface area contributed by atoms with E-state index in [2.05, 4.69) is 34.9 Å². The van der Waals surface area contributed by atoms with Crippen molar-refractivity contribution >= 4 is 5.91 Å². The van der Waals surface area contributed by atoms with Crippen LogP contribution in [0.1, 0.15) is 43.9 Å². The van der Waals surface area contributed by atoms with Crippen molar-refractivity contribution in [1.82, 2.24) is 10.6 Å². The molecule has 1 aromatic rings. The van der Waals surface area contributed by atoms with Gasteiger partial charge >= 0.3 is 0 Å². The first-order valence-corrected chi connectivity index (χ1v) is 6.84. The summed E-state index contributed by atoms with van der Waals surface area (Å²) in [4.78, 5) is 11.8. The maximum atomic E-state index is 11.8. The molecule has 3 heteroatoms. The predicted molar refractivity (Wildman–Crippen MR) is 73.4 cm³/mol. The van der Waals surface area contributed by atoms with Gasteiger partial charge in [-0.1, -0.05) is 24.3 Å². The Morgan fingerprint density at radius 2 is 2.22 bits per heavy atom. The number of hydrogen-bond donors (Lipinski definition) is 2. The average molecular weight is 246 g/mol. The van der Waals surface area contributed by atoms with Crippen LogP contribution in [0, 0.1) is 0 Å². The number of rotatable bonds is 4. The molecular formula is C15H22N2O. The smallest absolute Gasteiger partial charge is 0.236 e. The lowest BCUT2D eigenvalue weighted by molar-refractivity contribution is -0.122. The second-order valence-electron chi connectivity index (χ2n) is 4.93. The topological polar surface area (TPSA) is 41.1 Å². The Bertz CT molecular complexity index is 417. The Hall–Kier alpha value is -1.35. The summed E-state index contributed by atoms with van der Waals surface area (Å²) in [5.74, 6) is 0.0838. The highest BCUT2D eigenvalue weighted by molar-refractivity contribution is 5.81. The number of nitrogens with one attached hydrogen (secondary N) is 2. The Morgan fingerprint density at radius 3 is 3.00 bits per heavy atom. The summed E-state index contributed by atoms with van der Waals surface area (Å²) in [6.45, 7) is 4.56. The van der Waals surface area contributed by atoms with Gasteiger partial charge in [0.15, 0.2) is 0 Å². The molecule has 0 fully saturated rings. The zero-order valence-corrected chi connectivity index (χ0v) is 11.2. The third kappa shape index (κ3) is 2.91. The number of aryl methyl sites for hydroxylation is 1. The van der Waals surface area contributed by atoms with E-state index in [1.54, 1.807) is 0 Å². The lowest BCUT2D eigenvalue weighted by atomic mass is 9.87. The minimum atomic E-state index is -0.138. The second-order valence-corrected chi connectivity index (χ2v) is 4.93. The van der Waals surface area contributed by atoms with Crippen molar-refractivity contribution in [2.45, 2.75) is 45.2 Å². The fraction of sp³-hybridized carbons (Fsp3) is 0.533. The van der Waals surface area contributed by atoms with Crippen LogP contribution in [0.5, 0.6) is 0 Å². The van der Waals surface area contributed by atoms with Crippen LogP contribution in [0.4, 0.5) is 0 Å². The summed E-state index contributed by atoms with van der Waals surface area (Å²) < 4.78 is 0. The minimum absolute atomic E-state index is 0.0838. The molecule has 0 unspecified atom stereocenters. The standard InChI is InChI=1S/C15H22N2O/c1-3-16-15(18)11(2)17-14-10-6-8-12-7-4-5-9-13(12)14/h4-5,7,9,11,14,17H,3,6,8,10H2,1-2H3,(H,16,18)/t11-,14-/m1/s1. The molecule has 0 heterocycles.